The van der Waals surface area contributed by atoms with Crippen LogP contribution in [0.1, 0.15) is 19.4 Å². The molecule has 2 aromatic rings. The molecule has 0 saturated carbocycles. The summed E-state index contributed by atoms with van der Waals surface area (Å²) in [6.45, 7) is 5.67. The van der Waals surface area contributed by atoms with Gasteiger partial charge in [0, 0.05) is 25.5 Å². The van der Waals surface area contributed by atoms with Gasteiger partial charge in [0.2, 0.25) is 0 Å². The molecule has 0 atom stereocenters. The summed E-state index contributed by atoms with van der Waals surface area (Å²) in [6, 6.07) is 9.91. The number of aromatic nitrogens is 2. The molecule has 5 heteroatoms. The minimum atomic E-state index is -0.788. The van der Waals surface area contributed by atoms with Crippen LogP contribution in [0.25, 0.3) is 5.69 Å². The molecule has 0 aliphatic carbocycles. The van der Waals surface area contributed by atoms with Gasteiger partial charge in [-0.15, -0.1) is 0 Å². The summed E-state index contributed by atoms with van der Waals surface area (Å²) in [6.07, 6.45) is 3.63. The Hall–Kier alpha value is -2.14. The standard InChI is InChI=1S/C16H21N3O2/c1-13(2)10-18(12-16(20)21)11-14-4-6-15(7-5-14)19-9-3-8-17-19/h3-9,13H,10-12H2,1-2H3,(H,20,21). The molecule has 1 aromatic heterocycles. The number of hydrogen-bond donors (Lipinski definition) is 1. The van der Waals surface area contributed by atoms with Gasteiger partial charge in [-0.3, -0.25) is 9.69 Å². The van der Waals surface area contributed by atoms with Gasteiger partial charge in [-0.05, 0) is 29.7 Å². The molecule has 5 nitrogen and oxygen atoms in total. The van der Waals surface area contributed by atoms with Crippen LogP contribution >= 0.6 is 0 Å². The first-order valence-corrected chi connectivity index (χ1v) is 7.07. The molecule has 0 fully saturated rings. The maximum atomic E-state index is 10.9. The molecule has 112 valence electrons. The number of nitrogens with zero attached hydrogens (tertiary/aromatic N) is 3. The van der Waals surface area contributed by atoms with Crippen LogP contribution in [0.5, 0.6) is 0 Å². The first-order chi connectivity index (χ1) is 10.0. The van der Waals surface area contributed by atoms with Crippen LogP contribution < -0.4 is 0 Å². The van der Waals surface area contributed by atoms with Crippen molar-refractivity contribution in [3.63, 3.8) is 0 Å². The summed E-state index contributed by atoms with van der Waals surface area (Å²) in [5.74, 6) is -0.350. The topological polar surface area (TPSA) is 58.4 Å². The maximum absolute atomic E-state index is 10.9. The Labute approximate surface area is 124 Å². The van der Waals surface area contributed by atoms with Crippen molar-refractivity contribution in [2.45, 2.75) is 20.4 Å². The third-order valence-corrected chi connectivity index (χ3v) is 3.09. The third kappa shape index (κ3) is 4.72. The van der Waals surface area contributed by atoms with Crippen molar-refractivity contribution in [3.05, 3.63) is 48.3 Å². The van der Waals surface area contributed by atoms with Crippen LogP contribution in [-0.2, 0) is 11.3 Å². The van der Waals surface area contributed by atoms with Gasteiger partial charge in [-0.25, -0.2) is 4.68 Å². The van der Waals surface area contributed by atoms with E-state index in [-0.39, 0.29) is 6.54 Å². The van der Waals surface area contributed by atoms with Crippen LogP contribution in [-0.4, -0.2) is 38.8 Å². The van der Waals surface area contributed by atoms with Gasteiger partial charge in [-0.2, -0.15) is 5.10 Å². The lowest BCUT2D eigenvalue weighted by Crippen LogP contribution is -2.32. The highest BCUT2D eigenvalue weighted by Gasteiger charge is 2.12. The lowest BCUT2D eigenvalue weighted by molar-refractivity contribution is -0.138. The fourth-order valence-corrected chi connectivity index (χ4v) is 2.33. The second kappa shape index (κ2) is 7.04. The largest absolute Gasteiger partial charge is 0.480 e. The lowest BCUT2D eigenvalue weighted by atomic mass is 10.1. The predicted molar refractivity (Wildman–Crippen MR) is 81.3 cm³/mol. The number of benzene rings is 1. The highest BCUT2D eigenvalue weighted by atomic mass is 16.4. The van der Waals surface area contributed by atoms with E-state index in [0.717, 1.165) is 17.8 Å². The van der Waals surface area contributed by atoms with E-state index in [1.54, 1.807) is 10.9 Å². The first-order valence-electron chi connectivity index (χ1n) is 7.07. The van der Waals surface area contributed by atoms with Crippen LogP contribution in [0.2, 0.25) is 0 Å². The molecule has 0 aliphatic heterocycles. The molecule has 1 aromatic carbocycles. The quantitative estimate of drug-likeness (QED) is 0.849. The normalized spacial score (nSPS) is 11.2. The highest BCUT2D eigenvalue weighted by Crippen LogP contribution is 2.11. The molecule has 0 saturated heterocycles. The Kier molecular flexibility index (Phi) is 5.11. The molecule has 0 spiro atoms. The lowest BCUT2D eigenvalue weighted by Gasteiger charge is -2.22. The van der Waals surface area contributed by atoms with Crippen LogP contribution in [0.15, 0.2) is 42.7 Å². The highest BCUT2D eigenvalue weighted by molar-refractivity contribution is 5.69. The Morgan fingerprint density at radius 1 is 1.33 bits per heavy atom. The summed E-state index contributed by atoms with van der Waals surface area (Å²) in [7, 11) is 0. The monoisotopic (exact) mass is 287 g/mol. The number of carbonyl (C=O) groups is 1. The van der Waals surface area contributed by atoms with Gasteiger partial charge >= 0.3 is 5.97 Å². The van der Waals surface area contributed by atoms with E-state index in [4.69, 9.17) is 5.11 Å². The Balaban J connectivity index is 2.04. The van der Waals surface area contributed by atoms with E-state index in [1.807, 2.05) is 41.4 Å². The SMILES string of the molecule is CC(C)CN(CC(=O)O)Cc1ccc(-n2cccn2)cc1. The number of aliphatic carboxylic acids is 1. The molecule has 0 radical (unpaired) electrons. The van der Waals surface area contributed by atoms with Gasteiger partial charge < -0.3 is 5.11 Å². The summed E-state index contributed by atoms with van der Waals surface area (Å²) < 4.78 is 1.80. The Bertz CT molecular complexity index is 562. The van der Waals surface area contributed by atoms with Gasteiger partial charge in [0.1, 0.15) is 0 Å². The molecule has 1 heterocycles. The Morgan fingerprint density at radius 2 is 2.05 bits per heavy atom. The predicted octanol–water partition coefficient (Wildman–Crippen LogP) is 2.41. The van der Waals surface area contributed by atoms with Crippen molar-refractivity contribution in [2.75, 3.05) is 13.1 Å². The zero-order valence-corrected chi connectivity index (χ0v) is 12.4. The van der Waals surface area contributed by atoms with E-state index < -0.39 is 5.97 Å². The smallest absolute Gasteiger partial charge is 0.317 e. The molecule has 21 heavy (non-hydrogen) atoms. The van der Waals surface area contributed by atoms with Crippen LogP contribution in [0.3, 0.4) is 0 Å². The van der Waals surface area contributed by atoms with E-state index in [9.17, 15) is 4.79 Å². The average Bonchev–Trinajstić information content (AvgIpc) is 2.91. The number of rotatable bonds is 7. The molecule has 0 unspecified atom stereocenters. The summed E-state index contributed by atoms with van der Waals surface area (Å²) >= 11 is 0. The fourth-order valence-electron chi connectivity index (χ4n) is 2.33. The number of carboxylic acids is 1. The third-order valence-electron chi connectivity index (χ3n) is 3.09. The van der Waals surface area contributed by atoms with Crippen LogP contribution in [0.4, 0.5) is 0 Å². The summed E-state index contributed by atoms with van der Waals surface area (Å²) in [5, 5.41) is 13.2. The van der Waals surface area contributed by atoms with Gasteiger partial charge in [-0.1, -0.05) is 26.0 Å². The summed E-state index contributed by atoms with van der Waals surface area (Å²) in [5.41, 5.74) is 2.10. The molecule has 0 bridgehead atoms. The first kappa shape index (κ1) is 15.3. The molecule has 0 amide bonds. The van der Waals surface area contributed by atoms with Gasteiger partial charge in [0.05, 0.1) is 12.2 Å². The zero-order valence-electron chi connectivity index (χ0n) is 12.4. The molecule has 1 N–H and O–H groups in total. The molecular formula is C16H21N3O2. The minimum absolute atomic E-state index is 0.0685. The van der Waals surface area contributed by atoms with Crippen molar-refractivity contribution in [3.8, 4) is 5.69 Å². The van der Waals surface area contributed by atoms with Crippen molar-refractivity contribution in [1.29, 1.82) is 0 Å². The number of hydrogen-bond acceptors (Lipinski definition) is 3. The minimum Gasteiger partial charge on any atom is -0.480 e. The average molecular weight is 287 g/mol. The van der Waals surface area contributed by atoms with E-state index in [1.165, 1.54) is 0 Å². The second-order valence-corrected chi connectivity index (χ2v) is 5.57. The Morgan fingerprint density at radius 3 is 2.57 bits per heavy atom. The fraction of sp³-hybridized carbons (Fsp3) is 0.375. The summed E-state index contributed by atoms with van der Waals surface area (Å²) in [4.78, 5) is 12.9. The van der Waals surface area contributed by atoms with Crippen molar-refractivity contribution in [2.24, 2.45) is 5.92 Å². The van der Waals surface area contributed by atoms with Crippen molar-refractivity contribution >= 4 is 5.97 Å². The van der Waals surface area contributed by atoms with Gasteiger partial charge in [0.15, 0.2) is 0 Å². The maximum Gasteiger partial charge on any atom is 0.317 e. The van der Waals surface area contributed by atoms with Crippen molar-refractivity contribution < 1.29 is 9.90 Å². The van der Waals surface area contributed by atoms with E-state index in [0.29, 0.717) is 12.5 Å². The van der Waals surface area contributed by atoms with Crippen molar-refractivity contribution in [1.82, 2.24) is 14.7 Å². The van der Waals surface area contributed by atoms with Crippen LogP contribution in [0, 0.1) is 5.92 Å². The molecular weight excluding hydrogens is 266 g/mol. The second-order valence-electron chi connectivity index (χ2n) is 5.57. The van der Waals surface area contributed by atoms with Gasteiger partial charge in [0.25, 0.3) is 0 Å². The molecule has 2 rings (SSSR count). The van der Waals surface area contributed by atoms with E-state index >= 15 is 0 Å². The molecule has 0 aliphatic rings. The zero-order chi connectivity index (χ0) is 15.2. The number of carboxylic acid groups (broad SMARTS) is 1. The van der Waals surface area contributed by atoms with E-state index in [2.05, 4.69) is 18.9 Å².